The van der Waals surface area contributed by atoms with Gasteiger partial charge >= 0.3 is 5.97 Å². The molecule has 0 aromatic heterocycles. The molecule has 3 heteroatoms. The third-order valence-corrected chi connectivity index (χ3v) is 1.63. The van der Waals surface area contributed by atoms with Gasteiger partial charge in [-0.1, -0.05) is 34.1 Å². The van der Waals surface area contributed by atoms with Crippen LogP contribution in [0.1, 0.15) is 53.9 Å². The number of rotatable bonds is 2. The molecule has 1 fully saturated rings. The smallest absolute Gasteiger partial charge is 0.323 e. The molecule has 0 aliphatic carbocycles. The van der Waals surface area contributed by atoms with Crippen molar-refractivity contribution >= 4 is 5.97 Å². The van der Waals surface area contributed by atoms with Crippen LogP contribution < -0.4 is 5.32 Å². The number of carbonyl (C=O) groups excluding carboxylic acids is 1. The van der Waals surface area contributed by atoms with Crippen LogP contribution in [0.3, 0.4) is 0 Å². The van der Waals surface area contributed by atoms with E-state index in [0.29, 0.717) is 6.61 Å². The Balaban J connectivity index is -0.000000239. The summed E-state index contributed by atoms with van der Waals surface area (Å²) >= 11 is 0. The molecular weight excluding hydrogens is 214 g/mol. The number of esters is 1. The molecular formula is C14H29NO2. The Morgan fingerprint density at radius 3 is 2.06 bits per heavy atom. The minimum absolute atomic E-state index is 0.0278. The highest BCUT2D eigenvalue weighted by atomic mass is 16.5. The van der Waals surface area contributed by atoms with Gasteiger partial charge in [0.2, 0.25) is 0 Å². The molecule has 1 saturated heterocycles. The first-order valence-corrected chi connectivity index (χ1v) is 6.49. The Labute approximate surface area is 107 Å². The van der Waals surface area contributed by atoms with E-state index in [-0.39, 0.29) is 12.0 Å². The van der Waals surface area contributed by atoms with Crippen LogP contribution in [-0.4, -0.2) is 25.2 Å². The van der Waals surface area contributed by atoms with E-state index in [4.69, 9.17) is 4.74 Å². The van der Waals surface area contributed by atoms with Crippen molar-refractivity contribution in [2.45, 2.75) is 59.9 Å². The van der Waals surface area contributed by atoms with E-state index in [0.717, 1.165) is 19.4 Å². The molecule has 102 valence electrons. The topological polar surface area (TPSA) is 38.3 Å². The molecule has 1 aliphatic rings. The van der Waals surface area contributed by atoms with Crippen molar-refractivity contribution in [2.24, 2.45) is 0 Å². The zero-order chi connectivity index (χ0) is 14.1. The van der Waals surface area contributed by atoms with Crippen LogP contribution in [-0.2, 0) is 9.53 Å². The summed E-state index contributed by atoms with van der Waals surface area (Å²) in [7, 11) is 0. The second-order valence-electron chi connectivity index (χ2n) is 3.11. The summed E-state index contributed by atoms with van der Waals surface area (Å²) in [6.07, 6.45) is 11.3. The molecule has 0 amide bonds. The van der Waals surface area contributed by atoms with Crippen LogP contribution in [0, 0.1) is 12.8 Å². The number of nitrogens with one attached hydrogen (secondary N) is 1. The molecule has 0 aromatic rings. The Hall–Kier alpha value is -1.01. The van der Waals surface area contributed by atoms with Crippen molar-refractivity contribution in [3.8, 4) is 12.8 Å². The van der Waals surface area contributed by atoms with Crippen LogP contribution in [0.15, 0.2) is 0 Å². The Kier molecular flexibility index (Phi) is 25.6. The second kappa shape index (κ2) is 20.4. The molecule has 1 aliphatic heterocycles. The molecule has 0 saturated carbocycles. The SMILES string of the molecule is C#C.CC.CCC.CCOC(=O)C1CCCN1. The van der Waals surface area contributed by atoms with Gasteiger partial charge in [0.15, 0.2) is 0 Å². The van der Waals surface area contributed by atoms with Gasteiger partial charge in [0.1, 0.15) is 6.04 Å². The van der Waals surface area contributed by atoms with Gasteiger partial charge in [0.05, 0.1) is 6.61 Å². The van der Waals surface area contributed by atoms with E-state index in [9.17, 15) is 4.79 Å². The highest BCUT2D eigenvalue weighted by Gasteiger charge is 2.22. The third kappa shape index (κ3) is 15.0. The average molecular weight is 243 g/mol. The highest BCUT2D eigenvalue weighted by molar-refractivity contribution is 5.76. The Bertz CT molecular complexity index is 161. The fraction of sp³-hybridized carbons (Fsp3) is 0.786. The number of hydrogen-bond donors (Lipinski definition) is 1. The molecule has 0 bridgehead atoms. The summed E-state index contributed by atoms with van der Waals surface area (Å²) in [5.74, 6) is -0.0972. The van der Waals surface area contributed by atoms with Gasteiger partial charge in [-0.15, -0.1) is 12.8 Å². The fourth-order valence-electron chi connectivity index (χ4n) is 1.13. The normalized spacial score (nSPS) is 16.1. The van der Waals surface area contributed by atoms with Crippen molar-refractivity contribution in [1.29, 1.82) is 0 Å². The van der Waals surface area contributed by atoms with Gasteiger partial charge in [-0.3, -0.25) is 4.79 Å². The van der Waals surface area contributed by atoms with E-state index in [1.54, 1.807) is 0 Å². The molecule has 3 nitrogen and oxygen atoms in total. The summed E-state index contributed by atoms with van der Waals surface area (Å²) in [5.41, 5.74) is 0. The molecule has 1 rings (SSSR count). The van der Waals surface area contributed by atoms with Crippen LogP contribution in [0.5, 0.6) is 0 Å². The molecule has 1 heterocycles. The van der Waals surface area contributed by atoms with E-state index < -0.39 is 0 Å². The predicted molar refractivity (Wildman–Crippen MR) is 74.9 cm³/mol. The van der Waals surface area contributed by atoms with Crippen LogP contribution in [0.4, 0.5) is 0 Å². The van der Waals surface area contributed by atoms with Crippen molar-refractivity contribution < 1.29 is 9.53 Å². The largest absolute Gasteiger partial charge is 0.465 e. The summed E-state index contributed by atoms with van der Waals surface area (Å²) in [6, 6.07) is -0.0278. The van der Waals surface area contributed by atoms with E-state index >= 15 is 0 Å². The predicted octanol–water partition coefficient (Wildman–Crippen LogP) is 2.99. The molecule has 17 heavy (non-hydrogen) atoms. The highest BCUT2D eigenvalue weighted by Crippen LogP contribution is 2.05. The van der Waals surface area contributed by atoms with Gasteiger partial charge in [-0.2, -0.15) is 0 Å². The van der Waals surface area contributed by atoms with Gasteiger partial charge in [-0.25, -0.2) is 0 Å². The number of ether oxygens (including phenoxy) is 1. The van der Waals surface area contributed by atoms with Gasteiger partial charge in [-0.05, 0) is 26.3 Å². The molecule has 0 radical (unpaired) electrons. The summed E-state index contributed by atoms with van der Waals surface area (Å²) in [5, 5.41) is 3.07. The van der Waals surface area contributed by atoms with Crippen molar-refractivity contribution in [1.82, 2.24) is 5.32 Å². The van der Waals surface area contributed by atoms with E-state index in [1.165, 1.54) is 6.42 Å². The minimum atomic E-state index is -0.0972. The van der Waals surface area contributed by atoms with Gasteiger partial charge in [0.25, 0.3) is 0 Å². The molecule has 0 spiro atoms. The zero-order valence-corrected chi connectivity index (χ0v) is 12.1. The number of hydrogen-bond acceptors (Lipinski definition) is 3. The van der Waals surface area contributed by atoms with Crippen LogP contribution >= 0.6 is 0 Å². The van der Waals surface area contributed by atoms with Gasteiger partial charge < -0.3 is 10.1 Å². The standard InChI is InChI=1S/C7H13NO2.C3H8.C2H6.C2H2/c1-2-10-7(9)6-4-3-5-8-6;1-3-2;2*1-2/h6,8H,2-5H2,1H3;3H2,1-2H3;1-2H3;1-2H. The maximum atomic E-state index is 11.0. The average Bonchev–Trinajstić information content (AvgIpc) is 2.89. The van der Waals surface area contributed by atoms with Gasteiger partial charge in [0, 0.05) is 0 Å². The van der Waals surface area contributed by atoms with E-state index in [1.807, 2.05) is 20.8 Å². The minimum Gasteiger partial charge on any atom is -0.465 e. The summed E-state index contributed by atoms with van der Waals surface area (Å²) in [4.78, 5) is 11.0. The Morgan fingerprint density at radius 2 is 1.76 bits per heavy atom. The Morgan fingerprint density at radius 1 is 1.29 bits per heavy atom. The van der Waals surface area contributed by atoms with Crippen LogP contribution in [0.25, 0.3) is 0 Å². The molecule has 1 N–H and O–H groups in total. The van der Waals surface area contributed by atoms with Crippen molar-refractivity contribution in [3.05, 3.63) is 0 Å². The maximum absolute atomic E-state index is 11.0. The second-order valence-corrected chi connectivity index (χ2v) is 3.11. The monoisotopic (exact) mass is 243 g/mol. The quantitative estimate of drug-likeness (QED) is 0.598. The van der Waals surface area contributed by atoms with Crippen LogP contribution in [0.2, 0.25) is 0 Å². The summed E-state index contributed by atoms with van der Waals surface area (Å²) < 4.78 is 4.82. The lowest BCUT2D eigenvalue weighted by Gasteiger charge is -2.07. The first-order chi connectivity index (χ1) is 8.26. The van der Waals surface area contributed by atoms with Crippen molar-refractivity contribution in [3.63, 3.8) is 0 Å². The lowest BCUT2D eigenvalue weighted by molar-refractivity contribution is -0.145. The molecule has 0 aromatic carbocycles. The third-order valence-electron chi connectivity index (χ3n) is 1.63. The summed E-state index contributed by atoms with van der Waals surface area (Å²) in [6.45, 7) is 11.5. The first kappa shape index (κ1) is 21.3. The zero-order valence-electron chi connectivity index (χ0n) is 12.1. The van der Waals surface area contributed by atoms with E-state index in [2.05, 4.69) is 32.0 Å². The molecule has 1 atom stereocenters. The van der Waals surface area contributed by atoms with Crippen molar-refractivity contribution in [2.75, 3.05) is 13.2 Å². The number of terminal acetylenes is 1. The lowest BCUT2D eigenvalue weighted by Crippen LogP contribution is -2.32. The lowest BCUT2D eigenvalue weighted by atomic mass is 10.2. The number of carbonyl (C=O) groups is 1. The maximum Gasteiger partial charge on any atom is 0.323 e. The fourth-order valence-corrected chi connectivity index (χ4v) is 1.13. The molecule has 1 unspecified atom stereocenters. The first-order valence-electron chi connectivity index (χ1n) is 6.49.